The van der Waals surface area contributed by atoms with Gasteiger partial charge in [0.15, 0.2) is 0 Å². The average molecular weight is 237 g/mol. The Morgan fingerprint density at radius 3 is 2.75 bits per heavy atom. The lowest BCUT2D eigenvalue weighted by Gasteiger charge is -2.02. The Kier molecular flexibility index (Phi) is 3.22. The van der Waals surface area contributed by atoms with Gasteiger partial charge in [-0.05, 0) is 31.0 Å². The highest BCUT2D eigenvalue weighted by Gasteiger charge is 2.14. The van der Waals surface area contributed by atoms with E-state index in [-0.39, 0.29) is 0 Å². The smallest absolute Gasteiger partial charge is 0.0696 e. The molecule has 0 saturated heterocycles. The van der Waals surface area contributed by atoms with E-state index in [1.54, 1.807) is 0 Å². The highest BCUT2D eigenvalue weighted by atomic mass is 35.5. The van der Waals surface area contributed by atoms with Crippen molar-refractivity contribution in [2.24, 2.45) is 12.8 Å². The maximum absolute atomic E-state index is 6.44. The lowest BCUT2D eigenvalue weighted by molar-refractivity contribution is 0.866. The van der Waals surface area contributed by atoms with Gasteiger partial charge < -0.3 is 10.3 Å². The maximum atomic E-state index is 6.44. The van der Waals surface area contributed by atoms with E-state index in [1.165, 1.54) is 22.2 Å². The van der Waals surface area contributed by atoms with E-state index >= 15 is 0 Å². The lowest BCUT2D eigenvalue weighted by Crippen LogP contribution is -2.02. The summed E-state index contributed by atoms with van der Waals surface area (Å²) in [5, 5.41) is 2.07. The Hall–Kier alpha value is -0.990. The molecular weight excluding hydrogens is 220 g/mol. The van der Waals surface area contributed by atoms with Gasteiger partial charge in [-0.2, -0.15) is 0 Å². The molecule has 0 aliphatic heterocycles. The average Bonchev–Trinajstić information content (AvgIpc) is 2.53. The Morgan fingerprint density at radius 1 is 1.38 bits per heavy atom. The largest absolute Gasteiger partial charge is 0.346 e. The van der Waals surface area contributed by atoms with Gasteiger partial charge >= 0.3 is 0 Å². The molecule has 0 saturated carbocycles. The van der Waals surface area contributed by atoms with Crippen LogP contribution in [0.2, 0.25) is 5.02 Å². The van der Waals surface area contributed by atoms with Crippen molar-refractivity contribution in [1.82, 2.24) is 4.57 Å². The normalized spacial score (nSPS) is 11.2. The molecule has 0 aliphatic rings. The zero-order valence-corrected chi connectivity index (χ0v) is 10.5. The molecule has 1 aromatic carbocycles. The Labute approximate surface area is 101 Å². The van der Waals surface area contributed by atoms with Crippen LogP contribution in [0.5, 0.6) is 0 Å². The minimum atomic E-state index is 0.659. The zero-order valence-electron chi connectivity index (χ0n) is 9.76. The molecule has 0 bridgehead atoms. The molecule has 2 nitrogen and oxygen atoms in total. The van der Waals surface area contributed by atoms with Crippen molar-refractivity contribution in [2.45, 2.75) is 19.8 Å². The lowest BCUT2D eigenvalue weighted by atomic mass is 10.1. The van der Waals surface area contributed by atoms with E-state index in [4.69, 9.17) is 17.3 Å². The van der Waals surface area contributed by atoms with E-state index in [1.807, 2.05) is 0 Å². The number of aromatic nitrogens is 1. The minimum absolute atomic E-state index is 0.659. The summed E-state index contributed by atoms with van der Waals surface area (Å²) in [4.78, 5) is 0. The monoisotopic (exact) mass is 236 g/mol. The van der Waals surface area contributed by atoms with Crippen molar-refractivity contribution in [3.8, 4) is 0 Å². The molecule has 1 heterocycles. The Bertz CT molecular complexity index is 514. The first-order chi connectivity index (χ1) is 7.70. The number of rotatable bonds is 3. The highest BCUT2D eigenvalue weighted by Crippen LogP contribution is 2.32. The summed E-state index contributed by atoms with van der Waals surface area (Å²) in [6.45, 7) is 2.79. The predicted octanol–water partition coefficient (Wildman–Crippen LogP) is 2.90. The van der Waals surface area contributed by atoms with E-state index in [0.29, 0.717) is 6.54 Å². The third-order valence-corrected chi connectivity index (χ3v) is 3.52. The van der Waals surface area contributed by atoms with E-state index in [9.17, 15) is 0 Å². The zero-order chi connectivity index (χ0) is 11.7. The number of benzene rings is 1. The summed E-state index contributed by atoms with van der Waals surface area (Å²) < 4.78 is 2.18. The number of halogens is 1. The van der Waals surface area contributed by atoms with Crippen LogP contribution in [-0.4, -0.2) is 11.1 Å². The van der Waals surface area contributed by atoms with Crippen LogP contribution in [0, 0.1) is 0 Å². The van der Waals surface area contributed by atoms with Gasteiger partial charge in [-0.3, -0.25) is 0 Å². The number of aryl methyl sites for hydroxylation is 1. The Balaban J connectivity index is 2.77. The summed E-state index contributed by atoms with van der Waals surface area (Å²) in [7, 11) is 2.07. The first kappa shape index (κ1) is 11.5. The summed E-state index contributed by atoms with van der Waals surface area (Å²) in [6, 6.07) is 6.30. The van der Waals surface area contributed by atoms with Crippen LogP contribution in [0.4, 0.5) is 0 Å². The topological polar surface area (TPSA) is 30.9 Å². The second-order valence-corrected chi connectivity index (χ2v) is 4.40. The van der Waals surface area contributed by atoms with Crippen molar-refractivity contribution in [3.05, 3.63) is 34.5 Å². The fourth-order valence-electron chi connectivity index (χ4n) is 2.31. The first-order valence-corrected chi connectivity index (χ1v) is 6.03. The van der Waals surface area contributed by atoms with Crippen LogP contribution < -0.4 is 5.73 Å². The molecule has 3 heteroatoms. The van der Waals surface area contributed by atoms with Gasteiger partial charge in [0.25, 0.3) is 0 Å². The van der Waals surface area contributed by atoms with Gasteiger partial charge in [0.1, 0.15) is 0 Å². The van der Waals surface area contributed by atoms with Crippen LogP contribution in [0.25, 0.3) is 10.9 Å². The molecule has 2 aromatic rings. The minimum Gasteiger partial charge on any atom is -0.346 e. The van der Waals surface area contributed by atoms with Crippen molar-refractivity contribution in [3.63, 3.8) is 0 Å². The molecule has 0 radical (unpaired) electrons. The molecule has 0 amide bonds. The third-order valence-electron chi connectivity index (χ3n) is 3.12. The molecule has 0 aliphatic carbocycles. The van der Waals surface area contributed by atoms with Crippen molar-refractivity contribution >= 4 is 22.5 Å². The van der Waals surface area contributed by atoms with Crippen LogP contribution in [0.1, 0.15) is 18.2 Å². The van der Waals surface area contributed by atoms with Crippen LogP contribution in [-0.2, 0) is 19.9 Å². The molecule has 2 N–H and O–H groups in total. The highest BCUT2D eigenvalue weighted by molar-refractivity contribution is 6.36. The van der Waals surface area contributed by atoms with Crippen LogP contribution >= 0.6 is 11.6 Å². The van der Waals surface area contributed by atoms with E-state index < -0.39 is 0 Å². The maximum Gasteiger partial charge on any atom is 0.0696 e. The van der Waals surface area contributed by atoms with Gasteiger partial charge in [0.05, 0.1) is 5.02 Å². The molecule has 2 rings (SSSR count). The van der Waals surface area contributed by atoms with Crippen LogP contribution in [0.3, 0.4) is 0 Å². The van der Waals surface area contributed by atoms with E-state index in [2.05, 4.69) is 36.7 Å². The molecule has 0 fully saturated rings. The number of fused-ring (bicyclic) bond motifs is 1. The van der Waals surface area contributed by atoms with Crippen molar-refractivity contribution < 1.29 is 0 Å². The number of nitrogens with zero attached hydrogens (tertiary/aromatic N) is 1. The Morgan fingerprint density at radius 2 is 2.12 bits per heavy atom. The number of hydrogen-bond donors (Lipinski definition) is 1. The number of hydrogen-bond acceptors (Lipinski definition) is 1. The molecule has 86 valence electrons. The second kappa shape index (κ2) is 4.48. The van der Waals surface area contributed by atoms with E-state index in [0.717, 1.165) is 17.9 Å². The predicted molar refractivity (Wildman–Crippen MR) is 70.1 cm³/mol. The first-order valence-electron chi connectivity index (χ1n) is 5.65. The summed E-state index contributed by atoms with van der Waals surface area (Å²) in [6.07, 6.45) is 1.83. The van der Waals surface area contributed by atoms with Gasteiger partial charge in [-0.15, -0.1) is 0 Å². The van der Waals surface area contributed by atoms with Crippen molar-refractivity contribution in [1.29, 1.82) is 0 Å². The van der Waals surface area contributed by atoms with Gasteiger partial charge in [-0.25, -0.2) is 0 Å². The summed E-state index contributed by atoms with van der Waals surface area (Å²) in [5.41, 5.74) is 9.28. The van der Waals surface area contributed by atoms with Gasteiger partial charge in [0, 0.05) is 23.6 Å². The number of nitrogens with two attached hydrogens (primary N) is 1. The van der Waals surface area contributed by atoms with Gasteiger partial charge in [0.2, 0.25) is 0 Å². The fourth-order valence-corrected chi connectivity index (χ4v) is 2.79. The molecular formula is C13H17ClN2. The molecule has 0 spiro atoms. The fraction of sp³-hybridized carbons (Fsp3) is 0.385. The SMILES string of the molecule is CCc1c(Cl)c2c(CCN)cccc2n1C. The quantitative estimate of drug-likeness (QED) is 0.873. The molecule has 0 unspecified atom stereocenters. The van der Waals surface area contributed by atoms with Crippen molar-refractivity contribution in [2.75, 3.05) is 6.54 Å². The molecule has 1 aromatic heterocycles. The second-order valence-electron chi connectivity index (χ2n) is 4.02. The standard InChI is InChI=1S/C13H17ClN2/c1-3-10-13(14)12-9(7-8-15)5-4-6-11(12)16(10)2/h4-6H,3,7-8,15H2,1-2H3. The third kappa shape index (κ3) is 1.62. The summed E-state index contributed by atoms with van der Waals surface area (Å²) in [5.74, 6) is 0. The molecule has 0 atom stereocenters. The molecule has 16 heavy (non-hydrogen) atoms. The van der Waals surface area contributed by atoms with Crippen LogP contribution in [0.15, 0.2) is 18.2 Å². The summed E-state index contributed by atoms with van der Waals surface area (Å²) >= 11 is 6.44. The van der Waals surface area contributed by atoms with Gasteiger partial charge in [-0.1, -0.05) is 30.7 Å².